The minimum absolute atomic E-state index is 0.0131. The summed E-state index contributed by atoms with van der Waals surface area (Å²) in [6, 6.07) is 16.7. The molecule has 126 valence electrons. The van der Waals surface area contributed by atoms with Gasteiger partial charge < -0.3 is 5.32 Å². The molecule has 0 aliphatic heterocycles. The number of rotatable bonds is 7. The SMILES string of the molecule is CCCS(=O)(=O)Nc1cccc(NC(C)c2cccc(C#N)c2)c1. The summed E-state index contributed by atoms with van der Waals surface area (Å²) < 4.78 is 26.3. The zero-order valence-electron chi connectivity index (χ0n) is 13.8. The maximum Gasteiger partial charge on any atom is 0.232 e. The molecule has 0 radical (unpaired) electrons. The molecule has 0 aliphatic carbocycles. The van der Waals surface area contributed by atoms with Gasteiger partial charge in [-0.25, -0.2) is 8.42 Å². The molecule has 2 aromatic rings. The Morgan fingerprint density at radius 1 is 1.12 bits per heavy atom. The van der Waals surface area contributed by atoms with Gasteiger partial charge in [-0.1, -0.05) is 25.1 Å². The Morgan fingerprint density at radius 3 is 2.54 bits per heavy atom. The Morgan fingerprint density at radius 2 is 1.83 bits per heavy atom. The number of nitrogens with one attached hydrogen (secondary N) is 2. The number of benzene rings is 2. The van der Waals surface area contributed by atoms with E-state index in [-0.39, 0.29) is 11.8 Å². The molecule has 1 atom stereocenters. The molecule has 2 aromatic carbocycles. The number of hydrogen-bond acceptors (Lipinski definition) is 4. The van der Waals surface area contributed by atoms with E-state index >= 15 is 0 Å². The Hall–Kier alpha value is -2.52. The van der Waals surface area contributed by atoms with Gasteiger partial charge in [-0.3, -0.25) is 4.72 Å². The molecule has 2 rings (SSSR count). The Bertz CT molecular complexity index is 841. The number of nitrogens with zero attached hydrogens (tertiary/aromatic N) is 1. The summed E-state index contributed by atoms with van der Waals surface area (Å²) >= 11 is 0. The van der Waals surface area contributed by atoms with Crippen LogP contribution in [-0.4, -0.2) is 14.2 Å². The lowest BCUT2D eigenvalue weighted by Crippen LogP contribution is -2.16. The van der Waals surface area contributed by atoms with E-state index < -0.39 is 10.0 Å². The van der Waals surface area contributed by atoms with Crippen LogP contribution in [0.15, 0.2) is 48.5 Å². The monoisotopic (exact) mass is 343 g/mol. The van der Waals surface area contributed by atoms with Crippen molar-refractivity contribution in [3.05, 3.63) is 59.7 Å². The molecule has 0 bridgehead atoms. The number of anilines is 2. The molecule has 0 aromatic heterocycles. The first-order valence-corrected chi connectivity index (χ1v) is 9.46. The van der Waals surface area contributed by atoms with E-state index in [9.17, 15) is 8.42 Å². The van der Waals surface area contributed by atoms with Crippen LogP contribution in [0.25, 0.3) is 0 Å². The summed E-state index contributed by atoms with van der Waals surface area (Å²) in [5, 5.41) is 12.3. The van der Waals surface area contributed by atoms with Gasteiger partial charge in [-0.15, -0.1) is 0 Å². The topological polar surface area (TPSA) is 82.0 Å². The normalized spacial score (nSPS) is 12.2. The van der Waals surface area contributed by atoms with Gasteiger partial charge in [0.05, 0.1) is 23.1 Å². The van der Waals surface area contributed by atoms with Crippen LogP contribution >= 0.6 is 0 Å². The number of sulfonamides is 1. The van der Waals surface area contributed by atoms with Crippen molar-refractivity contribution in [2.24, 2.45) is 0 Å². The smallest absolute Gasteiger partial charge is 0.232 e. The molecule has 2 N–H and O–H groups in total. The standard InChI is InChI=1S/C18H21N3O2S/c1-3-10-24(22,23)21-18-9-5-8-17(12-18)20-14(2)16-7-4-6-15(11-16)13-19/h4-9,11-12,14,20-21H,3,10H2,1-2H3. The van der Waals surface area contributed by atoms with Crippen LogP contribution in [0.1, 0.15) is 37.4 Å². The highest BCUT2D eigenvalue weighted by atomic mass is 32.2. The summed E-state index contributed by atoms with van der Waals surface area (Å²) in [6.45, 7) is 3.82. The molecule has 1 unspecified atom stereocenters. The van der Waals surface area contributed by atoms with E-state index in [1.54, 1.807) is 24.3 Å². The molecule has 0 spiro atoms. The lowest BCUT2D eigenvalue weighted by atomic mass is 10.1. The molecule has 0 amide bonds. The second-order valence-corrected chi connectivity index (χ2v) is 7.45. The summed E-state index contributed by atoms with van der Waals surface area (Å²) in [4.78, 5) is 0. The van der Waals surface area contributed by atoms with E-state index in [1.165, 1.54) is 0 Å². The van der Waals surface area contributed by atoms with Crippen molar-refractivity contribution in [2.45, 2.75) is 26.3 Å². The first-order valence-electron chi connectivity index (χ1n) is 7.80. The van der Waals surface area contributed by atoms with Crippen LogP contribution in [0.2, 0.25) is 0 Å². The summed E-state index contributed by atoms with van der Waals surface area (Å²) in [5.74, 6) is 0.0992. The molecule has 0 heterocycles. The zero-order valence-corrected chi connectivity index (χ0v) is 14.6. The van der Waals surface area contributed by atoms with Crippen LogP contribution in [0.5, 0.6) is 0 Å². The van der Waals surface area contributed by atoms with Crippen molar-refractivity contribution in [2.75, 3.05) is 15.8 Å². The maximum atomic E-state index is 11.9. The minimum Gasteiger partial charge on any atom is -0.378 e. The maximum absolute atomic E-state index is 11.9. The van der Waals surface area contributed by atoms with Gasteiger partial charge in [0.1, 0.15) is 0 Å². The average molecular weight is 343 g/mol. The molecule has 24 heavy (non-hydrogen) atoms. The molecule has 0 saturated heterocycles. The molecule has 5 nitrogen and oxygen atoms in total. The summed E-state index contributed by atoms with van der Waals surface area (Å²) in [6.07, 6.45) is 0.569. The molecule has 0 saturated carbocycles. The fraction of sp³-hybridized carbons (Fsp3) is 0.278. The van der Waals surface area contributed by atoms with E-state index in [4.69, 9.17) is 5.26 Å². The molecular weight excluding hydrogens is 322 g/mol. The van der Waals surface area contributed by atoms with Gasteiger partial charge in [0.15, 0.2) is 0 Å². The number of hydrogen-bond donors (Lipinski definition) is 2. The van der Waals surface area contributed by atoms with Crippen LogP contribution in [0, 0.1) is 11.3 Å². The van der Waals surface area contributed by atoms with Crippen LogP contribution < -0.4 is 10.0 Å². The lowest BCUT2D eigenvalue weighted by molar-refractivity contribution is 0.600. The van der Waals surface area contributed by atoms with Crippen molar-refractivity contribution in [1.29, 1.82) is 5.26 Å². The molecule has 6 heteroatoms. The average Bonchev–Trinajstić information content (AvgIpc) is 2.54. The molecule has 0 fully saturated rings. The predicted octanol–water partition coefficient (Wildman–Crippen LogP) is 3.88. The van der Waals surface area contributed by atoms with Gasteiger partial charge in [0, 0.05) is 11.7 Å². The third-order valence-electron chi connectivity index (χ3n) is 3.51. The van der Waals surface area contributed by atoms with Crippen LogP contribution in [0.4, 0.5) is 11.4 Å². The van der Waals surface area contributed by atoms with Gasteiger partial charge in [-0.05, 0) is 49.2 Å². The quantitative estimate of drug-likeness (QED) is 0.799. The van der Waals surface area contributed by atoms with Crippen molar-refractivity contribution in [3.8, 4) is 6.07 Å². The summed E-state index contributed by atoms with van der Waals surface area (Å²) in [7, 11) is -3.30. The highest BCUT2D eigenvalue weighted by molar-refractivity contribution is 7.92. The first kappa shape index (κ1) is 17.8. The summed E-state index contributed by atoms with van der Waals surface area (Å²) in [5.41, 5.74) is 2.95. The van der Waals surface area contributed by atoms with Crippen LogP contribution in [0.3, 0.4) is 0 Å². The predicted molar refractivity (Wildman–Crippen MR) is 97.3 cm³/mol. The third-order valence-corrected chi connectivity index (χ3v) is 5.00. The fourth-order valence-electron chi connectivity index (χ4n) is 2.38. The number of nitriles is 1. The Balaban J connectivity index is 2.13. The highest BCUT2D eigenvalue weighted by Crippen LogP contribution is 2.23. The van der Waals surface area contributed by atoms with Crippen molar-refractivity contribution < 1.29 is 8.42 Å². The zero-order chi connectivity index (χ0) is 17.6. The van der Waals surface area contributed by atoms with Crippen molar-refractivity contribution in [1.82, 2.24) is 0 Å². The fourth-order valence-corrected chi connectivity index (χ4v) is 3.51. The van der Waals surface area contributed by atoms with Gasteiger partial charge >= 0.3 is 0 Å². The lowest BCUT2D eigenvalue weighted by Gasteiger charge is -2.17. The Kier molecular flexibility index (Phi) is 5.83. The van der Waals surface area contributed by atoms with Gasteiger partial charge in [0.25, 0.3) is 0 Å². The third kappa shape index (κ3) is 5.00. The highest BCUT2D eigenvalue weighted by Gasteiger charge is 2.10. The first-order chi connectivity index (χ1) is 11.4. The minimum atomic E-state index is -3.30. The van der Waals surface area contributed by atoms with Crippen LogP contribution in [-0.2, 0) is 10.0 Å². The van der Waals surface area contributed by atoms with Crippen molar-refractivity contribution >= 4 is 21.4 Å². The largest absolute Gasteiger partial charge is 0.378 e. The second kappa shape index (κ2) is 7.84. The van der Waals surface area contributed by atoms with E-state index in [1.807, 2.05) is 38.1 Å². The van der Waals surface area contributed by atoms with Crippen molar-refractivity contribution in [3.63, 3.8) is 0 Å². The van der Waals surface area contributed by atoms with E-state index in [2.05, 4.69) is 16.1 Å². The van der Waals surface area contributed by atoms with Gasteiger partial charge in [-0.2, -0.15) is 5.26 Å². The Labute approximate surface area is 143 Å². The molecule has 0 aliphatic rings. The van der Waals surface area contributed by atoms with Gasteiger partial charge in [0.2, 0.25) is 10.0 Å². The van der Waals surface area contributed by atoms with E-state index in [0.717, 1.165) is 11.3 Å². The van der Waals surface area contributed by atoms with E-state index in [0.29, 0.717) is 17.7 Å². The second-order valence-electron chi connectivity index (χ2n) is 5.61. The molecular formula is C18H21N3O2S.